The lowest BCUT2D eigenvalue weighted by molar-refractivity contribution is 0.271. The van der Waals surface area contributed by atoms with Gasteiger partial charge in [-0.1, -0.05) is 32.0 Å². The third-order valence-electron chi connectivity index (χ3n) is 2.53. The van der Waals surface area contributed by atoms with Gasteiger partial charge in [-0.2, -0.15) is 12.8 Å². The Morgan fingerprint density at radius 2 is 2.10 bits per heavy atom. The highest BCUT2D eigenvalue weighted by Gasteiger charge is 2.12. The largest absolute Gasteiger partial charge is 0.493 e. The molecule has 1 aromatic heterocycles. The lowest BCUT2D eigenvalue weighted by Crippen LogP contribution is -2.04. The van der Waals surface area contributed by atoms with Crippen LogP contribution in [0.3, 0.4) is 0 Å². The molecule has 21 heavy (non-hydrogen) atoms. The summed E-state index contributed by atoms with van der Waals surface area (Å²) >= 11 is 1.15. The van der Waals surface area contributed by atoms with E-state index >= 15 is 0 Å². The van der Waals surface area contributed by atoms with Crippen LogP contribution < -0.4 is 4.74 Å². The van der Waals surface area contributed by atoms with Crippen LogP contribution in [0.5, 0.6) is 5.75 Å². The summed E-state index contributed by atoms with van der Waals surface area (Å²) in [7, 11) is -3.61. The third kappa shape index (κ3) is 4.68. The Kier molecular flexibility index (Phi) is 5.14. The van der Waals surface area contributed by atoms with E-state index in [0.29, 0.717) is 23.8 Å². The number of thiophene rings is 1. The summed E-state index contributed by atoms with van der Waals surface area (Å²) < 4.78 is 33.4. The molecule has 0 atom stereocenters. The van der Waals surface area contributed by atoms with Crippen LogP contribution in [0.2, 0.25) is 0 Å². The maximum absolute atomic E-state index is 11.9. The van der Waals surface area contributed by atoms with Crippen molar-refractivity contribution in [2.45, 2.75) is 18.1 Å². The van der Waals surface area contributed by atoms with Crippen LogP contribution in [0.25, 0.3) is 0 Å². The van der Waals surface area contributed by atoms with Gasteiger partial charge in [0.2, 0.25) is 0 Å². The van der Waals surface area contributed by atoms with Gasteiger partial charge in [-0.05, 0) is 35.1 Å². The van der Waals surface area contributed by atoms with E-state index in [1.165, 1.54) is 6.21 Å². The molecule has 1 heterocycles. The number of hydrogen-bond acceptors (Lipinski definition) is 4. The highest BCUT2D eigenvalue weighted by atomic mass is 32.2. The lowest BCUT2D eigenvalue weighted by Gasteiger charge is -2.08. The molecule has 6 heteroatoms. The summed E-state index contributed by atoms with van der Waals surface area (Å²) in [5, 5.41) is 1.71. The molecule has 0 radical (unpaired) electrons. The average Bonchev–Trinajstić information content (AvgIpc) is 2.98. The number of ether oxygens (including phenoxy) is 1. The van der Waals surface area contributed by atoms with Gasteiger partial charge in [0.25, 0.3) is 10.0 Å². The quantitative estimate of drug-likeness (QED) is 0.763. The molecule has 0 spiro atoms. The minimum absolute atomic E-state index is 0.242. The monoisotopic (exact) mass is 323 g/mol. The number of benzene rings is 1. The standard InChI is InChI=1S/C15H17NO3S2/c1-12(2)11-19-14-6-3-5-13(9-14)10-16-21(17,18)15-7-4-8-20-15/h3-10,12H,11H2,1-2H3/b16-10-. The maximum atomic E-state index is 11.9. The first kappa shape index (κ1) is 15.7. The highest BCUT2D eigenvalue weighted by Crippen LogP contribution is 2.19. The number of sulfonamides is 1. The first-order chi connectivity index (χ1) is 9.97. The summed E-state index contributed by atoms with van der Waals surface area (Å²) in [6.07, 6.45) is 1.34. The van der Waals surface area contributed by atoms with E-state index in [1.54, 1.807) is 29.6 Å². The van der Waals surface area contributed by atoms with Crippen molar-refractivity contribution in [3.05, 3.63) is 47.3 Å². The zero-order valence-corrected chi connectivity index (χ0v) is 13.5. The molecule has 4 nitrogen and oxygen atoms in total. The molecule has 0 aliphatic carbocycles. The Morgan fingerprint density at radius 3 is 2.76 bits per heavy atom. The SMILES string of the molecule is CC(C)COc1cccc(/C=N\S(=O)(=O)c2cccs2)c1. The molecule has 2 aromatic rings. The minimum atomic E-state index is -3.61. The Hall–Kier alpha value is -1.66. The van der Waals surface area contributed by atoms with Crippen LogP contribution in [0.15, 0.2) is 50.4 Å². The molecular weight excluding hydrogens is 306 g/mol. The Bertz CT molecular complexity index is 704. The second-order valence-electron chi connectivity index (χ2n) is 4.92. The molecule has 0 bridgehead atoms. The van der Waals surface area contributed by atoms with Gasteiger partial charge < -0.3 is 4.74 Å². The van der Waals surface area contributed by atoms with Crippen LogP contribution in [0.1, 0.15) is 19.4 Å². The molecule has 0 saturated heterocycles. The molecular formula is C15H17NO3S2. The van der Waals surface area contributed by atoms with E-state index in [0.717, 1.165) is 11.3 Å². The summed E-state index contributed by atoms with van der Waals surface area (Å²) in [5.74, 6) is 1.14. The van der Waals surface area contributed by atoms with E-state index in [-0.39, 0.29) is 4.21 Å². The number of rotatable bonds is 6. The summed E-state index contributed by atoms with van der Waals surface area (Å²) in [5.41, 5.74) is 0.691. The maximum Gasteiger partial charge on any atom is 0.291 e. The minimum Gasteiger partial charge on any atom is -0.493 e. The van der Waals surface area contributed by atoms with Crippen molar-refractivity contribution in [1.82, 2.24) is 0 Å². The van der Waals surface area contributed by atoms with Crippen LogP contribution >= 0.6 is 11.3 Å². The van der Waals surface area contributed by atoms with Gasteiger partial charge >= 0.3 is 0 Å². The number of hydrogen-bond donors (Lipinski definition) is 0. The van der Waals surface area contributed by atoms with Crippen LogP contribution in [-0.4, -0.2) is 21.2 Å². The first-order valence-electron chi connectivity index (χ1n) is 6.54. The van der Waals surface area contributed by atoms with Gasteiger partial charge in [0.1, 0.15) is 9.96 Å². The molecule has 0 amide bonds. The van der Waals surface area contributed by atoms with E-state index in [4.69, 9.17) is 4.74 Å². The van der Waals surface area contributed by atoms with Crippen molar-refractivity contribution >= 4 is 27.6 Å². The summed E-state index contributed by atoms with van der Waals surface area (Å²) in [6, 6.07) is 10.4. The normalized spacial score (nSPS) is 12.1. The third-order valence-corrected chi connectivity index (χ3v) is 5.14. The summed E-state index contributed by atoms with van der Waals surface area (Å²) in [4.78, 5) is 0. The molecule has 0 unspecified atom stereocenters. The molecule has 0 fully saturated rings. The van der Waals surface area contributed by atoms with Crippen molar-refractivity contribution in [3.8, 4) is 5.75 Å². The average molecular weight is 323 g/mol. The zero-order valence-electron chi connectivity index (χ0n) is 11.9. The molecule has 0 saturated carbocycles. The van der Waals surface area contributed by atoms with Crippen LogP contribution in [0.4, 0.5) is 0 Å². The molecule has 2 rings (SSSR count). The molecule has 112 valence electrons. The van der Waals surface area contributed by atoms with Crippen molar-refractivity contribution in [3.63, 3.8) is 0 Å². The summed E-state index contributed by atoms with van der Waals surface area (Å²) in [6.45, 7) is 4.76. The van der Waals surface area contributed by atoms with Gasteiger partial charge in [-0.3, -0.25) is 0 Å². The smallest absolute Gasteiger partial charge is 0.291 e. The Balaban J connectivity index is 2.12. The fourth-order valence-electron chi connectivity index (χ4n) is 1.54. The van der Waals surface area contributed by atoms with E-state index in [1.807, 2.05) is 12.1 Å². The van der Waals surface area contributed by atoms with Gasteiger partial charge in [0.15, 0.2) is 0 Å². The van der Waals surface area contributed by atoms with Gasteiger partial charge in [0.05, 0.1) is 6.61 Å². The molecule has 1 aromatic carbocycles. The van der Waals surface area contributed by atoms with Gasteiger partial charge in [0, 0.05) is 6.21 Å². The van der Waals surface area contributed by atoms with E-state index in [9.17, 15) is 8.42 Å². The van der Waals surface area contributed by atoms with E-state index < -0.39 is 10.0 Å². The fourth-order valence-corrected chi connectivity index (χ4v) is 3.39. The Morgan fingerprint density at radius 1 is 1.29 bits per heavy atom. The van der Waals surface area contributed by atoms with Crippen LogP contribution in [-0.2, 0) is 10.0 Å². The van der Waals surface area contributed by atoms with Crippen molar-refractivity contribution < 1.29 is 13.2 Å². The highest BCUT2D eigenvalue weighted by molar-refractivity contribution is 7.92. The predicted molar refractivity (Wildman–Crippen MR) is 85.9 cm³/mol. The topological polar surface area (TPSA) is 55.7 Å². The van der Waals surface area contributed by atoms with Crippen molar-refractivity contribution in [2.24, 2.45) is 10.3 Å². The zero-order chi connectivity index (χ0) is 15.3. The Labute approximate surface area is 129 Å². The van der Waals surface area contributed by atoms with Crippen molar-refractivity contribution in [1.29, 1.82) is 0 Å². The molecule has 0 N–H and O–H groups in total. The predicted octanol–water partition coefficient (Wildman–Crippen LogP) is 3.59. The van der Waals surface area contributed by atoms with E-state index in [2.05, 4.69) is 18.2 Å². The lowest BCUT2D eigenvalue weighted by atomic mass is 10.2. The second kappa shape index (κ2) is 6.87. The number of nitrogens with zero attached hydrogens (tertiary/aromatic N) is 1. The fraction of sp³-hybridized carbons (Fsp3) is 0.267. The first-order valence-corrected chi connectivity index (χ1v) is 8.86. The van der Waals surface area contributed by atoms with Gasteiger partial charge in [-0.25, -0.2) is 0 Å². The second-order valence-corrected chi connectivity index (χ2v) is 7.73. The van der Waals surface area contributed by atoms with Gasteiger partial charge in [-0.15, -0.1) is 11.3 Å². The molecule has 0 aliphatic heterocycles. The molecule has 0 aliphatic rings. The van der Waals surface area contributed by atoms with Crippen LogP contribution in [0, 0.1) is 5.92 Å². The van der Waals surface area contributed by atoms with Crippen molar-refractivity contribution in [2.75, 3.05) is 6.61 Å².